The lowest BCUT2D eigenvalue weighted by Crippen LogP contribution is -2.66. The lowest BCUT2D eigenvalue weighted by molar-refractivity contribution is -0.167. The van der Waals surface area contributed by atoms with Gasteiger partial charge in [0.25, 0.3) is 0 Å². The molecule has 5 heteroatoms. The van der Waals surface area contributed by atoms with Gasteiger partial charge < -0.3 is 9.47 Å². The van der Waals surface area contributed by atoms with Crippen LogP contribution in [0.1, 0.15) is 19.8 Å². The van der Waals surface area contributed by atoms with Crippen LogP contribution in [0.5, 0.6) is 0 Å². The third-order valence-corrected chi connectivity index (χ3v) is 2.79. The van der Waals surface area contributed by atoms with Gasteiger partial charge in [-0.1, -0.05) is 0 Å². The first-order valence-electron chi connectivity index (χ1n) is 4.81. The summed E-state index contributed by atoms with van der Waals surface area (Å²) in [5.41, 5.74) is -0.537. The zero-order valence-corrected chi connectivity index (χ0v) is 9.06. The van der Waals surface area contributed by atoms with Gasteiger partial charge in [0.15, 0.2) is 0 Å². The molecule has 3 heterocycles. The molecule has 14 heavy (non-hydrogen) atoms. The third-order valence-electron chi connectivity index (χ3n) is 2.79. The van der Waals surface area contributed by atoms with E-state index in [1.54, 1.807) is 0 Å². The molecular weight excluding hydrogens is 206 g/mol. The van der Waals surface area contributed by atoms with Gasteiger partial charge in [-0.25, -0.2) is 4.79 Å². The van der Waals surface area contributed by atoms with Crippen molar-refractivity contribution in [1.29, 1.82) is 0 Å². The second kappa shape index (κ2) is 4.47. The summed E-state index contributed by atoms with van der Waals surface area (Å²) in [7, 11) is 0. The fraction of sp³-hybridized carbons (Fsp3) is 0.889. The van der Waals surface area contributed by atoms with Crippen molar-refractivity contribution in [1.82, 2.24) is 5.32 Å². The van der Waals surface area contributed by atoms with Crippen LogP contribution >= 0.6 is 12.4 Å². The van der Waals surface area contributed by atoms with E-state index >= 15 is 0 Å². The van der Waals surface area contributed by atoms with Gasteiger partial charge >= 0.3 is 5.97 Å². The fourth-order valence-electron chi connectivity index (χ4n) is 1.94. The highest BCUT2D eigenvalue weighted by Gasteiger charge is 2.47. The van der Waals surface area contributed by atoms with Crippen LogP contribution in [-0.4, -0.2) is 37.4 Å². The van der Waals surface area contributed by atoms with Crippen LogP contribution in [0.25, 0.3) is 0 Å². The molecular formula is C9H16ClNO3. The van der Waals surface area contributed by atoms with Crippen molar-refractivity contribution in [2.45, 2.75) is 31.4 Å². The fourth-order valence-corrected chi connectivity index (χ4v) is 1.94. The van der Waals surface area contributed by atoms with Crippen LogP contribution in [0, 0.1) is 0 Å². The first-order valence-corrected chi connectivity index (χ1v) is 4.81. The highest BCUT2D eigenvalue weighted by atomic mass is 35.5. The van der Waals surface area contributed by atoms with E-state index in [1.165, 1.54) is 0 Å². The molecule has 0 aliphatic carbocycles. The molecule has 2 bridgehead atoms. The van der Waals surface area contributed by atoms with Crippen LogP contribution in [0.4, 0.5) is 0 Å². The zero-order chi connectivity index (χ0) is 9.31. The summed E-state index contributed by atoms with van der Waals surface area (Å²) in [4.78, 5) is 11.6. The summed E-state index contributed by atoms with van der Waals surface area (Å²) < 4.78 is 10.5. The Labute approximate surface area is 89.7 Å². The maximum atomic E-state index is 11.6. The molecule has 0 aromatic rings. The SMILES string of the molecule is CCOC(=O)C12CCC(CN1)OC2.Cl. The largest absolute Gasteiger partial charge is 0.465 e. The van der Waals surface area contributed by atoms with Crippen molar-refractivity contribution in [2.75, 3.05) is 19.8 Å². The Morgan fingerprint density at radius 1 is 1.71 bits per heavy atom. The van der Waals surface area contributed by atoms with Gasteiger partial charge in [-0.2, -0.15) is 0 Å². The summed E-state index contributed by atoms with van der Waals surface area (Å²) in [5.74, 6) is -0.159. The lowest BCUT2D eigenvalue weighted by Gasteiger charge is -2.44. The van der Waals surface area contributed by atoms with E-state index in [9.17, 15) is 4.79 Å². The van der Waals surface area contributed by atoms with Crippen LogP contribution in [0.15, 0.2) is 0 Å². The number of morpholine rings is 1. The van der Waals surface area contributed by atoms with Gasteiger partial charge in [0.1, 0.15) is 5.54 Å². The number of nitrogens with one attached hydrogen (secondary N) is 1. The minimum Gasteiger partial charge on any atom is -0.465 e. The van der Waals surface area contributed by atoms with Gasteiger partial charge in [-0.05, 0) is 19.8 Å². The first-order chi connectivity index (χ1) is 6.27. The summed E-state index contributed by atoms with van der Waals surface area (Å²) in [6, 6.07) is 0. The Bertz CT molecular complexity index is 200. The van der Waals surface area contributed by atoms with Crippen molar-refractivity contribution < 1.29 is 14.3 Å². The number of rotatable bonds is 2. The quantitative estimate of drug-likeness (QED) is 0.690. The average Bonchev–Trinajstić information content (AvgIpc) is 2.21. The van der Waals surface area contributed by atoms with Crippen molar-refractivity contribution in [3.8, 4) is 0 Å². The van der Waals surface area contributed by atoms with E-state index in [0.717, 1.165) is 19.4 Å². The Morgan fingerprint density at radius 3 is 2.93 bits per heavy atom. The molecule has 3 aliphatic heterocycles. The molecule has 0 radical (unpaired) electrons. The highest BCUT2D eigenvalue weighted by molar-refractivity contribution is 5.85. The molecule has 2 atom stereocenters. The van der Waals surface area contributed by atoms with Crippen LogP contribution in [0.3, 0.4) is 0 Å². The number of carbonyl (C=O) groups is 1. The number of halogens is 1. The van der Waals surface area contributed by atoms with Gasteiger partial charge in [0.2, 0.25) is 0 Å². The maximum Gasteiger partial charge on any atom is 0.328 e. The number of hydrogen-bond donors (Lipinski definition) is 1. The minimum atomic E-state index is -0.537. The standard InChI is InChI=1S/C9H15NO3.ClH/c1-2-12-8(11)9-4-3-7(5-10-9)13-6-9;/h7,10H,2-6H2,1H3;1H. The summed E-state index contributed by atoms with van der Waals surface area (Å²) in [5, 5.41) is 3.22. The first kappa shape index (κ1) is 11.8. The molecule has 1 N–H and O–H groups in total. The van der Waals surface area contributed by atoms with Crippen molar-refractivity contribution in [3.05, 3.63) is 0 Å². The second-order valence-electron chi connectivity index (χ2n) is 3.66. The number of carbonyl (C=O) groups excluding carboxylic acids is 1. The molecule has 3 aliphatic rings. The summed E-state index contributed by atoms with van der Waals surface area (Å²) >= 11 is 0. The summed E-state index contributed by atoms with van der Waals surface area (Å²) in [6.07, 6.45) is 2.11. The molecule has 3 saturated heterocycles. The monoisotopic (exact) mass is 221 g/mol. The molecule has 3 fully saturated rings. The highest BCUT2D eigenvalue weighted by Crippen LogP contribution is 2.29. The molecule has 0 aromatic carbocycles. The number of fused-ring (bicyclic) bond motifs is 3. The number of piperidine rings is 1. The molecule has 0 spiro atoms. The average molecular weight is 222 g/mol. The lowest BCUT2D eigenvalue weighted by atomic mass is 9.86. The number of esters is 1. The predicted octanol–water partition coefficient (Wildman–Crippen LogP) is 0.492. The molecule has 4 nitrogen and oxygen atoms in total. The smallest absolute Gasteiger partial charge is 0.328 e. The third kappa shape index (κ3) is 1.87. The molecule has 82 valence electrons. The van der Waals surface area contributed by atoms with Crippen molar-refractivity contribution in [2.24, 2.45) is 0 Å². The van der Waals surface area contributed by atoms with E-state index < -0.39 is 5.54 Å². The van der Waals surface area contributed by atoms with E-state index in [2.05, 4.69) is 5.32 Å². The molecule has 0 amide bonds. The van der Waals surface area contributed by atoms with E-state index in [1.807, 2.05) is 6.92 Å². The Kier molecular flexibility index (Phi) is 3.75. The molecule has 0 aromatic heterocycles. The molecule has 0 saturated carbocycles. The van der Waals surface area contributed by atoms with E-state index in [4.69, 9.17) is 9.47 Å². The van der Waals surface area contributed by atoms with E-state index in [-0.39, 0.29) is 18.4 Å². The predicted molar refractivity (Wildman–Crippen MR) is 53.6 cm³/mol. The minimum absolute atomic E-state index is 0. The van der Waals surface area contributed by atoms with Crippen LogP contribution in [-0.2, 0) is 14.3 Å². The van der Waals surface area contributed by atoms with Crippen LogP contribution in [0.2, 0.25) is 0 Å². The van der Waals surface area contributed by atoms with E-state index in [0.29, 0.717) is 19.3 Å². The van der Waals surface area contributed by atoms with Gasteiger partial charge in [-0.15, -0.1) is 12.4 Å². The summed E-state index contributed by atoms with van der Waals surface area (Å²) in [6.45, 7) is 3.50. The molecule has 2 unspecified atom stereocenters. The second-order valence-corrected chi connectivity index (χ2v) is 3.66. The Morgan fingerprint density at radius 2 is 2.50 bits per heavy atom. The molecule has 3 rings (SSSR count). The van der Waals surface area contributed by atoms with Gasteiger partial charge in [0, 0.05) is 6.54 Å². The Balaban J connectivity index is 0.000000980. The Hall–Kier alpha value is -0.320. The van der Waals surface area contributed by atoms with Crippen LogP contribution < -0.4 is 5.32 Å². The topological polar surface area (TPSA) is 47.6 Å². The number of hydrogen-bond acceptors (Lipinski definition) is 4. The number of ether oxygens (including phenoxy) is 2. The van der Waals surface area contributed by atoms with Crippen molar-refractivity contribution in [3.63, 3.8) is 0 Å². The van der Waals surface area contributed by atoms with Gasteiger partial charge in [0.05, 0.1) is 19.3 Å². The zero-order valence-electron chi connectivity index (χ0n) is 8.25. The maximum absolute atomic E-state index is 11.6. The normalized spacial score (nSPS) is 34.8. The van der Waals surface area contributed by atoms with Crippen molar-refractivity contribution >= 4 is 18.4 Å². The van der Waals surface area contributed by atoms with Gasteiger partial charge in [-0.3, -0.25) is 5.32 Å².